The highest BCUT2D eigenvalue weighted by molar-refractivity contribution is 9.10. The third-order valence-electron chi connectivity index (χ3n) is 1.91. The van der Waals surface area contributed by atoms with E-state index in [1.54, 1.807) is 18.2 Å². The first-order valence-electron chi connectivity index (χ1n) is 4.20. The minimum Gasteiger partial charge on any atom is -0.381 e. The van der Waals surface area contributed by atoms with Gasteiger partial charge in [-0.05, 0) is 12.1 Å². The summed E-state index contributed by atoms with van der Waals surface area (Å²) in [7, 11) is 0. The van der Waals surface area contributed by atoms with Gasteiger partial charge in [-0.25, -0.2) is 14.4 Å². The van der Waals surface area contributed by atoms with E-state index in [0.29, 0.717) is 5.56 Å². The molecule has 0 radical (unpaired) electrons. The molecule has 0 atom stereocenters. The van der Waals surface area contributed by atoms with Crippen molar-refractivity contribution in [2.75, 3.05) is 5.73 Å². The molecule has 0 aliphatic rings. The second kappa shape index (κ2) is 3.94. The number of hydrogen-bond donors (Lipinski definition) is 1. The van der Waals surface area contributed by atoms with Gasteiger partial charge in [0.1, 0.15) is 12.0 Å². The van der Waals surface area contributed by atoms with Crippen LogP contribution in [0.25, 0.3) is 11.3 Å². The summed E-state index contributed by atoms with van der Waals surface area (Å²) < 4.78 is 14.4. The topological polar surface area (TPSA) is 51.8 Å². The van der Waals surface area contributed by atoms with Crippen LogP contribution in [0.4, 0.5) is 10.2 Å². The van der Waals surface area contributed by atoms with Crippen LogP contribution in [-0.2, 0) is 0 Å². The molecule has 0 amide bonds. The van der Waals surface area contributed by atoms with E-state index in [4.69, 9.17) is 5.73 Å². The Morgan fingerprint density at radius 2 is 2.07 bits per heavy atom. The molecule has 1 aromatic heterocycles. The van der Waals surface area contributed by atoms with E-state index in [9.17, 15) is 4.39 Å². The fourth-order valence-electron chi connectivity index (χ4n) is 1.22. The van der Waals surface area contributed by atoms with Crippen LogP contribution in [-0.4, -0.2) is 9.97 Å². The zero-order chi connectivity index (χ0) is 10.8. The highest BCUT2D eigenvalue weighted by Gasteiger charge is 2.10. The molecular weight excluding hydrogens is 261 g/mol. The summed E-state index contributed by atoms with van der Waals surface area (Å²) >= 11 is 3.31. The summed E-state index contributed by atoms with van der Waals surface area (Å²) in [5.74, 6) is -0.726. The Hall–Kier alpha value is -1.49. The Morgan fingerprint density at radius 3 is 2.80 bits per heavy atom. The standard InChI is InChI=1S/C10H7BrFN3/c11-7-3-1-2-6(4-7)9-8(12)10(13)15-5-14-9/h1-5H,(H2,13,14,15). The molecule has 0 saturated carbocycles. The van der Waals surface area contributed by atoms with E-state index in [1.165, 1.54) is 6.33 Å². The molecule has 0 aliphatic carbocycles. The Bertz CT molecular complexity index is 502. The van der Waals surface area contributed by atoms with Crippen LogP contribution in [0, 0.1) is 5.82 Å². The van der Waals surface area contributed by atoms with E-state index in [2.05, 4.69) is 25.9 Å². The van der Waals surface area contributed by atoms with Crippen molar-refractivity contribution in [2.45, 2.75) is 0 Å². The molecule has 0 saturated heterocycles. The molecule has 3 nitrogen and oxygen atoms in total. The van der Waals surface area contributed by atoms with Crippen molar-refractivity contribution in [1.82, 2.24) is 9.97 Å². The summed E-state index contributed by atoms with van der Waals surface area (Å²) in [6, 6.07) is 7.18. The lowest BCUT2D eigenvalue weighted by atomic mass is 10.1. The fraction of sp³-hybridized carbons (Fsp3) is 0. The molecule has 5 heteroatoms. The molecule has 2 rings (SSSR count). The van der Waals surface area contributed by atoms with Gasteiger partial charge in [0.15, 0.2) is 11.6 Å². The summed E-state index contributed by atoms with van der Waals surface area (Å²) in [6.45, 7) is 0. The molecule has 0 fully saturated rings. The maximum Gasteiger partial charge on any atom is 0.191 e. The molecule has 1 heterocycles. The second-order valence-corrected chi connectivity index (χ2v) is 3.85. The van der Waals surface area contributed by atoms with Gasteiger partial charge < -0.3 is 5.73 Å². The molecule has 2 N–H and O–H groups in total. The monoisotopic (exact) mass is 267 g/mol. The van der Waals surface area contributed by atoms with Gasteiger partial charge in [0.2, 0.25) is 0 Å². The lowest BCUT2D eigenvalue weighted by Gasteiger charge is -2.03. The lowest BCUT2D eigenvalue weighted by molar-refractivity contribution is 0.624. The summed E-state index contributed by atoms with van der Waals surface area (Å²) in [5.41, 5.74) is 6.23. The molecule has 2 aromatic rings. The van der Waals surface area contributed by atoms with Crippen molar-refractivity contribution in [3.8, 4) is 11.3 Å². The molecule has 76 valence electrons. The molecule has 0 unspecified atom stereocenters. The van der Waals surface area contributed by atoms with E-state index in [-0.39, 0.29) is 11.5 Å². The van der Waals surface area contributed by atoms with Gasteiger partial charge in [0.25, 0.3) is 0 Å². The van der Waals surface area contributed by atoms with Crippen molar-refractivity contribution in [3.63, 3.8) is 0 Å². The second-order valence-electron chi connectivity index (χ2n) is 2.93. The van der Waals surface area contributed by atoms with E-state index < -0.39 is 5.82 Å². The van der Waals surface area contributed by atoms with E-state index >= 15 is 0 Å². The Balaban J connectivity index is 2.59. The Labute approximate surface area is 94.3 Å². The number of nitrogens with zero attached hydrogens (tertiary/aromatic N) is 2. The van der Waals surface area contributed by atoms with Gasteiger partial charge in [-0.3, -0.25) is 0 Å². The number of aromatic nitrogens is 2. The van der Waals surface area contributed by atoms with Crippen LogP contribution >= 0.6 is 15.9 Å². The zero-order valence-corrected chi connectivity index (χ0v) is 9.20. The molecule has 15 heavy (non-hydrogen) atoms. The van der Waals surface area contributed by atoms with Crippen molar-refractivity contribution in [1.29, 1.82) is 0 Å². The van der Waals surface area contributed by atoms with E-state index in [0.717, 1.165) is 4.47 Å². The van der Waals surface area contributed by atoms with Gasteiger partial charge in [-0.15, -0.1) is 0 Å². The SMILES string of the molecule is Nc1ncnc(-c2cccc(Br)c2)c1F. The van der Waals surface area contributed by atoms with Crippen LogP contribution in [0.1, 0.15) is 0 Å². The predicted octanol–water partition coefficient (Wildman–Crippen LogP) is 2.63. The minimum atomic E-state index is -0.587. The normalized spacial score (nSPS) is 10.3. The zero-order valence-electron chi connectivity index (χ0n) is 7.61. The number of hydrogen-bond acceptors (Lipinski definition) is 3. The molecule has 0 spiro atoms. The van der Waals surface area contributed by atoms with Crippen molar-refractivity contribution in [3.05, 3.63) is 40.9 Å². The number of halogens is 2. The Morgan fingerprint density at radius 1 is 1.27 bits per heavy atom. The predicted molar refractivity (Wildman–Crippen MR) is 59.5 cm³/mol. The fourth-order valence-corrected chi connectivity index (χ4v) is 1.62. The van der Waals surface area contributed by atoms with Gasteiger partial charge >= 0.3 is 0 Å². The lowest BCUT2D eigenvalue weighted by Crippen LogP contribution is -1.99. The van der Waals surface area contributed by atoms with Crippen LogP contribution in [0.15, 0.2) is 35.1 Å². The van der Waals surface area contributed by atoms with Crippen LogP contribution in [0.3, 0.4) is 0 Å². The van der Waals surface area contributed by atoms with Crippen LogP contribution < -0.4 is 5.73 Å². The summed E-state index contributed by atoms with van der Waals surface area (Å²) in [4.78, 5) is 7.43. The number of anilines is 1. The smallest absolute Gasteiger partial charge is 0.191 e. The molecule has 0 bridgehead atoms. The van der Waals surface area contributed by atoms with Gasteiger partial charge in [-0.2, -0.15) is 0 Å². The average Bonchev–Trinajstić information content (AvgIpc) is 2.22. The van der Waals surface area contributed by atoms with Crippen molar-refractivity contribution in [2.24, 2.45) is 0 Å². The van der Waals surface area contributed by atoms with Crippen molar-refractivity contribution < 1.29 is 4.39 Å². The number of rotatable bonds is 1. The molecule has 1 aromatic carbocycles. The Kier molecular flexibility index (Phi) is 2.64. The van der Waals surface area contributed by atoms with E-state index in [1.807, 2.05) is 6.07 Å². The minimum absolute atomic E-state index is 0.139. The first kappa shape index (κ1) is 10.0. The largest absolute Gasteiger partial charge is 0.381 e. The number of nitrogen functional groups attached to an aromatic ring is 1. The maximum absolute atomic E-state index is 13.6. The third-order valence-corrected chi connectivity index (χ3v) is 2.41. The number of nitrogens with two attached hydrogens (primary N) is 1. The van der Waals surface area contributed by atoms with Crippen LogP contribution in [0.2, 0.25) is 0 Å². The third kappa shape index (κ3) is 1.97. The van der Waals surface area contributed by atoms with Gasteiger partial charge in [0, 0.05) is 10.0 Å². The molecule has 0 aliphatic heterocycles. The summed E-state index contributed by atoms with van der Waals surface area (Å²) in [6.07, 6.45) is 1.24. The highest BCUT2D eigenvalue weighted by Crippen LogP contribution is 2.24. The first-order chi connectivity index (χ1) is 7.18. The van der Waals surface area contributed by atoms with Gasteiger partial charge in [0.05, 0.1) is 0 Å². The van der Waals surface area contributed by atoms with Crippen molar-refractivity contribution >= 4 is 21.7 Å². The van der Waals surface area contributed by atoms with Crippen LogP contribution in [0.5, 0.6) is 0 Å². The number of benzene rings is 1. The van der Waals surface area contributed by atoms with Gasteiger partial charge in [-0.1, -0.05) is 28.1 Å². The summed E-state index contributed by atoms with van der Waals surface area (Å²) in [5, 5.41) is 0. The highest BCUT2D eigenvalue weighted by atomic mass is 79.9. The average molecular weight is 268 g/mol. The quantitative estimate of drug-likeness (QED) is 0.864. The molecular formula is C10H7BrFN3. The first-order valence-corrected chi connectivity index (χ1v) is 4.99. The maximum atomic E-state index is 13.6.